The van der Waals surface area contributed by atoms with Crippen LogP contribution in [-0.2, 0) is 13.1 Å². The number of hydrogen-bond donors (Lipinski definition) is 0. The molecule has 1 aliphatic rings. The van der Waals surface area contributed by atoms with E-state index in [-0.39, 0.29) is 12.1 Å². The molecule has 1 aliphatic heterocycles. The minimum absolute atomic E-state index is 0.135. The van der Waals surface area contributed by atoms with Gasteiger partial charge in [-0.25, -0.2) is 4.52 Å². The number of rotatable bonds is 5. The summed E-state index contributed by atoms with van der Waals surface area (Å²) in [7, 11) is 0. The summed E-state index contributed by atoms with van der Waals surface area (Å²) < 4.78 is 8.65. The van der Waals surface area contributed by atoms with Gasteiger partial charge in [0.15, 0.2) is 5.82 Å². The molecule has 8 heteroatoms. The molecular weight excluding hydrogens is 392 g/mol. The van der Waals surface area contributed by atoms with E-state index in [0.717, 1.165) is 24.3 Å². The van der Waals surface area contributed by atoms with E-state index in [0.29, 0.717) is 29.7 Å². The van der Waals surface area contributed by atoms with Crippen molar-refractivity contribution in [3.05, 3.63) is 70.4 Å². The zero-order valence-electron chi connectivity index (χ0n) is 17.9. The van der Waals surface area contributed by atoms with Gasteiger partial charge in [0.25, 0.3) is 5.56 Å². The van der Waals surface area contributed by atoms with Crippen molar-refractivity contribution in [2.45, 2.75) is 39.8 Å². The third-order valence-corrected chi connectivity index (χ3v) is 5.87. The average molecular weight is 419 g/mol. The van der Waals surface area contributed by atoms with E-state index in [1.165, 1.54) is 18.4 Å². The normalized spacial score (nSPS) is 17.4. The number of benzene rings is 1. The van der Waals surface area contributed by atoms with Crippen molar-refractivity contribution in [3.8, 4) is 11.3 Å². The van der Waals surface area contributed by atoms with Crippen LogP contribution >= 0.6 is 0 Å². The fraction of sp³-hybridized carbons (Fsp3) is 0.391. The summed E-state index contributed by atoms with van der Waals surface area (Å²) in [6.07, 6.45) is 5.97. The molecule has 0 amide bonds. The molecule has 1 unspecified atom stereocenters. The van der Waals surface area contributed by atoms with Crippen molar-refractivity contribution in [1.82, 2.24) is 29.2 Å². The van der Waals surface area contributed by atoms with Gasteiger partial charge in [-0.15, -0.1) is 0 Å². The Labute approximate surface area is 180 Å². The second-order valence-corrected chi connectivity index (χ2v) is 8.54. The Balaban J connectivity index is 1.35. The predicted octanol–water partition coefficient (Wildman–Crippen LogP) is 3.13. The van der Waals surface area contributed by atoms with Crippen molar-refractivity contribution < 1.29 is 4.52 Å². The monoisotopic (exact) mass is 418 g/mol. The minimum atomic E-state index is -0.135. The molecule has 0 spiro atoms. The number of nitrogens with zero attached hydrogens (tertiary/aromatic N) is 6. The smallest absolute Gasteiger partial charge is 0.277 e. The highest BCUT2D eigenvalue weighted by atomic mass is 16.5. The number of piperidine rings is 1. The SMILES string of the molecule is Cc1ccc(-c2cc3c(=O)n(Cc4noc(CN5CCCC(C)C5)n4)ccn3n2)cc1. The first-order valence-corrected chi connectivity index (χ1v) is 10.7. The average Bonchev–Trinajstić information content (AvgIpc) is 3.38. The van der Waals surface area contributed by atoms with E-state index in [1.807, 2.05) is 37.3 Å². The van der Waals surface area contributed by atoms with Crippen LogP contribution < -0.4 is 5.56 Å². The van der Waals surface area contributed by atoms with Crippen molar-refractivity contribution in [2.75, 3.05) is 13.1 Å². The van der Waals surface area contributed by atoms with E-state index in [2.05, 4.69) is 27.1 Å². The maximum Gasteiger partial charge on any atom is 0.277 e. The highest BCUT2D eigenvalue weighted by Gasteiger charge is 2.19. The molecule has 4 aromatic rings. The lowest BCUT2D eigenvalue weighted by atomic mass is 10.0. The van der Waals surface area contributed by atoms with Crippen LogP contribution in [0.25, 0.3) is 16.8 Å². The van der Waals surface area contributed by atoms with Crippen LogP contribution in [0, 0.1) is 12.8 Å². The van der Waals surface area contributed by atoms with E-state index < -0.39 is 0 Å². The Morgan fingerprint density at radius 1 is 1.16 bits per heavy atom. The number of aryl methyl sites for hydroxylation is 1. The number of aromatic nitrogens is 5. The van der Waals surface area contributed by atoms with Gasteiger partial charge in [-0.05, 0) is 38.3 Å². The van der Waals surface area contributed by atoms with Crippen LogP contribution in [0.3, 0.4) is 0 Å². The summed E-state index contributed by atoms with van der Waals surface area (Å²) in [5, 5.41) is 8.63. The van der Waals surface area contributed by atoms with Gasteiger partial charge in [-0.3, -0.25) is 9.69 Å². The Bertz CT molecular complexity index is 1250. The van der Waals surface area contributed by atoms with E-state index in [1.54, 1.807) is 21.5 Å². The lowest BCUT2D eigenvalue weighted by molar-refractivity contribution is 0.157. The Kier molecular flexibility index (Phi) is 5.15. The van der Waals surface area contributed by atoms with Gasteiger partial charge in [0.05, 0.1) is 18.8 Å². The molecule has 5 rings (SSSR count). The van der Waals surface area contributed by atoms with Gasteiger partial charge in [-0.1, -0.05) is 41.9 Å². The second kappa shape index (κ2) is 8.11. The third-order valence-electron chi connectivity index (χ3n) is 5.87. The molecule has 4 heterocycles. The van der Waals surface area contributed by atoms with E-state index in [9.17, 15) is 4.79 Å². The highest BCUT2D eigenvalue weighted by Crippen LogP contribution is 2.19. The van der Waals surface area contributed by atoms with Gasteiger partial charge in [-0.2, -0.15) is 10.1 Å². The zero-order valence-corrected chi connectivity index (χ0v) is 17.9. The third kappa shape index (κ3) is 4.16. The zero-order chi connectivity index (χ0) is 21.4. The van der Waals surface area contributed by atoms with Gasteiger partial charge in [0.1, 0.15) is 5.52 Å². The molecule has 1 fully saturated rings. The van der Waals surface area contributed by atoms with Gasteiger partial charge < -0.3 is 9.09 Å². The van der Waals surface area contributed by atoms with Crippen molar-refractivity contribution in [2.24, 2.45) is 5.92 Å². The van der Waals surface area contributed by atoms with Gasteiger partial charge >= 0.3 is 0 Å². The maximum absolute atomic E-state index is 13.0. The first-order valence-electron chi connectivity index (χ1n) is 10.7. The Morgan fingerprint density at radius 2 is 2.00 bits per heavy atom. The molecule has 0 bridgehead atoms. The summed E-state index contributed by atoms with van der Waals surface area (Å²) in [5.41, 5.74) is 3.32. The van der Waals surface area contributed by atoms with E-state index in [4.69, 9.17) is 4.52 Å². The molecule has 0 N–H and O–H groups in total. The predicted molar refractivity (Wildman–Crippen MR) is 117 cm³/mol. The second-order valence-electron chi connectivity index (χ2n) is 8.54. The number of hydrogen-bond acceptors (Lipinski definition) is 6. The first kappa shape index (κ1) is 19.7. The van der Waals surface area contributed by atoms with Crippen LogP contribution in [0.15, 0.2) is 52.0 Å². The summed E-state index contributed by atoms with van der Waals surface area (Å²) >= 11 is 0. The lowest BCUT2D eigenvalue weighted by Crippen LogP contribution is -2.33. The fourth-order valence-corrected chi connectivity index (χ4v) is 4.21. The molecule has 0 radical (unpaired) electrons. The van der Waals surface area contributed by atoms with Crippen LogP contribution in [-0.4, -0.2) is 42.3 Å². The molecule has 1 aromatic carbocycles. The van der Waals surface area contributed by atoms with Crippen LogP contribution in [0.5, 0.6) is 0 Å². The quantitative estimate of drug-likeness (QED) is 0.495. The summed E-state index contributed by atoms with van der Waals surface area (Å²) in [6.45, 7) is 7.35. The minimum Gasteiger partial charge on any atom is -0.338 e. The standard InChI is InChI=1S/C23H26N6O2/c1-16-5-7-18(8-6-16)19-12-20-23(30)28(10-11-29(20)25-19)14-21-24-22(31-26-21)15-27-9-3-4-17(2)13-27/h5-8,10-12,17H,3-4,9,13-15H2,1-2H3. The van der Waals surface area contributed by atoms with Crippen LogP contribution in [0.1, 0.15) is 37.0 Å². The maximum atomic E-state index is 13.0. The summed E-state index contributed by atoms with van der Waals surface area (Å²) in [5.74, 6) is 1.80. The number of likely N-dealkylation sites (tertiary alicyclic amines) is 1. The lowest BCUT2D eigenvalue weighted by Gasteiger charge is -2.29. The topological polar surface area (TPSA) is 81.5 Å². The molecule has 0 saturated carbocycles. The van der Waals surface area contributed by atoms with Gasteiger partial charge in [0.2, 0.25) is 5.89 Å². The van der Waals surface area contributed by atoms with Gasteiger partial charge in [0, 0.05) is 24.5 Å². The van der Waals surface area contributed by atoms with Crippen molar-refractivity contribution in [1.29, 1.82) is 0 Å². The Hall–Kier alpha value is -3.26. The van der Waals surface area contributed by atoms with Crippen molar-refractivity contribution >= 4 is 5.52 Å². The molecule has 0 aliphatic carbocycles. The largest absolute Gasteiger partial charge is 0.338 e. The molecular formula is C23H26N6O2. The molecule has 1 atom stereocenters. The Morgan fingerprint density at radius 3 is 2.81 bits per heavy atom. The first-order chi connectivity index (χ1) is 15.0. The highest BCUT2D eigenvalue weighted by molar-refractivity contribution is 5.65. The number of fused-ring (bicyclic) bond motifs is 1. The van der Waals surface area contributed by atoms with E-state index >= 15 is 0 Å². The molecule has 31 heavy (non-hydrogen) atoms. The fourth-order valence-electron chi connectivity index (χ4n) is 4.21. The van der Waals surface area contributed by atoms with Crippen LogP contribution in [0.2, 0.25) is 0 Å². The molecule has 1 saturated heterocycles. The van der Waals surface area contributed by atoms with Crippen molar-refractivity contribution in [3.63, 3.8) is 0 Å². The molecule has 160 valence electrons. The summed E-state index contributed by atoms with van der Waals surface area (Å²) in [6, 6.07) is 9.92. The summed E-state index contributed by atoms with van der Waals surface area (Å²) in [4.78, 5) is 19.9. The van der Waals surface area contributed by atoms with Crippen LogP contribution in [0.4, 0.5) is 0 Å². The molecule has 3 aromatic heterocycles. The molecule has 8 nitrogen and oxygen atoms in total.